The highest BCUT2D eigenvalue weighted by molar-refractivity contribution is 5.27. The summed E-state index contributed by atoms with van der Waals surface area (Å²) in [6, 6.07) is 5.84. The van der Waals surface area contributed by atoms with Crippen LogP contribution in [0.5, 0.6) is 0 Å². The number of hydrogen-bond donors (Lipinski definition) is 0. The van der Waals surface area contributed by atoms with Gasteiger partial charge in [-0.2, -0.15) is 13.2 Å². The maximum Gasteiger partial charge on any atom is 0.416 e. The van der Waals surface area contributed by atoms with Gasteiger partial charge in [0.15, 0.2) is 0 Å². The third-order valence-electron chi connectivity index (χ3n) is 7.84. The van der Waals surface area contributed by atoms with Crippen molar-refractivity contribution in [3.8, 4) is 0 Å². The van der Waals surface area contributed by atoms with Gasteiger partial charge in [0, 0.05) is 0 Å². The van der Waals surface area contributed by atoms with Gasteiger partial charge in [0.05, 0.1) is 12.2 Å². The first-order chi connectivity index (χ1) is 15.5. The van der Waals surface area contributed by atoms with Gasteiger partial charge in [-0.15, -0.1) is 0 Å². The van der Waals surface area contributed by atoms with E-state index in [-0.39, 0.29) is 6.67 Å². The molecule has 2 aliphatic carbocycles. The summed E-state index contributed by atoms with van der Waals surface area (Å²) in [6.07, 6.45) is 17.0. The second-order valence-corrected chi connectivity index (χ2v) is 10.2. The van der Waals surface area contributed by atoms with Crippen LogP contribution in [0, 0.1) is 17.8 Å². The molecule has 0 unspecified atom stereocenters. The largest absolute Gasteiger partial charge is 0.416 e. The molecule has 0 heterocycles. The quantitative estimate of drug-likeness (QED) is 0.188. The Kier molecular flexibility index (Phi) is 10.1. The highest BCUT2D eigenvalue weighted by atomic mass is 19.4. The highest BCUT2D eigenvalue weighted by Gasteiger charge is 2.31. The van der Waals surface area contributed by atoms with Crippen molar-refractivity contribution in [1.29, 1.82) is 0 Å². The number of halogens is 4. The zero-order valence-corrected chi connectivity index (χ0v) is 19.4. The van der Waals surface area contributed by atoms with Crippen LogP contribution in [0.2, 0.25) is 0 Å². The van der Waals surface area contributed by atoms with Crippen LogP contribution in [0.15, 0.2) is 36.4 Å². The Bertz CT molecular complexity index is 660. The first-order valence-electron chi connectivity index (χ1n) is 12.9. The van der Waals surface area contributed by atoms with Gasteiger partial charge in [-0.3, -0.25) is 4.39 Å². The minimum Gasteiger partial charge on any atom is -0.251 e. The molecule has 32 heavy (non-hydrogen) atoms. The van der Waals surface area contributed by atoms with Gasteiger partial charge in [-0.1, -0.05) is 43.5 Å². The Balaban J connectivity index is 1.29. The molecular weight excluding hydrogens is 412 g/mol. The van der Waals surface area contributed by atoms with E-state index in [0.29, 0.717) is 12.3 Å². The van der Waals surface area contributed by atoms with E-state index in [9.17, 15) is 17.6 Å². The van der Waals surface area contributed by atoms with Gasteiger partial charge >= 0.3 is 6.18 Å². The summed E-state index contributed by atoms with van der Waals surface area (Å²) < 4.78 is 50.4. The molecule has 0 atom stereocenters. The smallest absolute Gasteiger partial charge is 0.251 e. The molecular formula is C28H40F4. The van der Waals surface area contributed by atoms with Gasteiger partial charge in [0.25, 0.3) is 0 Å². The Hall–Kier alpha value is -1.32. The summed E-state index contributed by atoms with van der Waals surface area (Å²) in [5, 5.41) is 0. The average molecular weight is 453 g/mol. The molecule has 0 bridgehead atoms. The van der Waals surface area contributed by atoms with Crippen molar-refractivity contribution in [2.75, 3.05) is 6.67 Å². The molecule has 3 rings (SSSR count). The first-order valence-corrected chi connectivity index (χ1v) is 12.9. The Labute approximate surface area is 191 Å². The third kappa shape index (κ3) is 8.23. The third-order valence-corrected chi connectivity index (χ3v) is 7.84. The van der Waals surface area contributed by atoms with Crippen LogP contribution in [0.3, 0.4) is 0 Å². The van der Waals surface area contributed by atoms with Crippen LogP contribution in [-0.4, -0.2) is 6.67 Å². The van der Waals surface area contributed by atoms with Gasteiger partial charge in [-0.25, -0.2) is 0 Å². The van der Waals surface area contributed by atoms with Crippen molar-refractivity contribution in [3.63, 3.8) is 0 Å². The second kappa shape index (κ2) is 12.8. The number of alkyl halides is 4. The molecule has 4 heteroatoms. The number of unbranched alkanes of at least 4 members (excludes halogenated alkanes) is 3. The summed E-state index contributed by atoms with van der Waals surface area (Å²) >= 11 is 0. The molecule has 0 N–H and O–H groups in total. The number of rotatable bonds is 10. The van der Waals surface area contributed by atoms with Gasteiger partial charge in [0.1, 0.15) is 0 Å². The molecule has 2 aliphatic rings. The van der Waals surface area contributed by atoms with Crippen molar-refractivity contribution < 1.29 is 17.6 Å². The van der Waals surface area contributed by atoms with E-state index < -0.39 is 11.7 Å². The van der Waals surface area contributed by atoms with E-state index >= 15 is 0 Å². The lowest BCUT2D eigenvalue weighted by atomic mass is 9.74. The highest BCUT2D eigenvalue weighted by Crippen LogP contribution is 2.40. The van der Waals surface area contributed by atoms with Crippen LogP contribution in [0.4, 0.5) is 17.6 Å². The minimum atomic E-state index is -4.25. The summed E-state index contributed by atoms with van der Waals surface area (Å²) in [4.78, 5) is 0. The molecule has 2 saturated carbocycles. The zero-order valence-electron chi connectivity index (χ0n) is 19.4. The lowest BCUT2D eigenvalue weighted by Crippen LogP contribution is -2.17. The molecule has 2 fully saturated rings. The predicted molar refractivity (Wildman–Crippen MR) is 124 cm³/mol. The van der Waals surface area contributed by atoms with Crippen LogP contribution in [0.25, 0.3) is 0 Å². The number of benzene rings is 1. The normalized spacial score (nSPS) is 27.1. The van der Waals surface area contributed by atoms with E-state index in [1.165, 1.54) is 63.5 Å². The topological polar surface area (TPSA) is 0 Å². The summed E-state index contributed by atoms with van der Waals surface area (Å²) in [5.41, 5.74) is 0.527. The predicted octanol–water partition coefficient (Wildman–Crippen LogP) is 9.65. The zero-order chi connectivity index (χ0) is 22.8. The Morgan fingerprint density at radius 2 is 1.34 bits per heavy atom. The molecule has 0 saturated heterocycles. The molecule has 0 nitrogen and oxygen atoms in total. The van der Waals surface area contributed by atoms with E-state index in [1.807, 2.05) is 0 Å². The molecule has 0 aromatic heterocycles. The fourth-order valence-electron chi connectivity index (χ4n) is 5.69. The van der Waals surface area contributed by atoms with E-state index in [2.05, 4.69) is 12.2 Å². The fourth-order valence-corrected chi connectivity index (χ4v) is 5.69. The molecule has 1 aromatic rings. The van der Waals surface area contributed by atoms with Crippen LogP contribution < -0.4 is 0 Å². The van der Waals surface area contributed by atoms with Crippen LogP contribution >= 0.6 is 0 Å². The Morgan fingerprint density at radius 3 is 1.91 bits per heavy atom. The standard InChI is InChI=1S/C28H40F4/c29-21-5-3-1-2-4-6-22-7-9-23(10-8-22)11-12-24-13-15-25(16-14-24)26-17-19-27(20-18-26)28(30,31)32/h4,6,17-20,22-25H,1-3,5,7-16,21H2/b6-4+/t22-,23-,24?,25?. The Morgan fingerprint density at radius 1 is 0.750 bits per heavy atom. The van der Waals surface area contributed by atoms with E-state index in [0.717, 1.165) is 55.4 Å². The molecule has 0 radical (unpaired) electrons. The lowest BCUT2D eigenvalue weighted by molar-refractivity contribution is -0.137. The van der Waals surface area contributed by atoms with E-state index in [1.54, 1.807) is 12.1 Å². The van der Waals surface area contributed by atoms with Crippen molar-refractivity contribution in [2.45, 2.75) is 102 Å². The molecule has 0 spiro atoms. The molecule has 1 aromatic carbocycles. The van der Waals surface area contributed by atoms with Gasteiger partial charge in [-0.05, 0) is 112 Å². The SMILES string of the molecule is FCCCCC/C=C/[C@H]1CC[C@H](CCC2CCC(c3ccc(C(F)(F)F)cc3)CC2)CC1. The second-order valence-electron chi connectivity index (χ2n) is 10.2. The van der Waals surface area contributed by atoms with Gasteiger partial charge < -0.3 is 0 Å². The lowest BCUT2D eigenvalue weighted by Gasteiger charge is -2.31. The van der Waals surface area contributed by atoms with E-state index in [4.69, 9.17) is 0 Å². The molecule has 180 valence electrons. The van der Waals surface area contributed by atoms with Gasteiger partial charge in [0.2, 0.25) is 0 Å². The van der Waals surface area contributed by atoms with Crippen molar-refractivity contribution in [2.24, 2.45) is 17.8 Å². The fraction of sp³-hybridized carbons (Fsp3) is 0.714. The molecule has 0 aliphatic heterocycles. The van der Waals surface area contributed by atoms with Crippen LogP contribution in [0.1, 0.15) is 107 Å². The first kappa shape index (κ1) is 25.3. The number of hydrogen-bond acceptors (Lipinski definition) is 0. The minimum absolute atomic E-state index is 0.186. The van der Waals surface area contributed by atoms with Crippen LogP contribution in [-0.2, 0) is 6.18 Å². The van der Waals surface area contributed by atoms with Crippen molar-refractivity contribution in [1.82, 2.24) is 0 Å². The summed E-state index contributed by atoms with van der Waals surface area (Å²) in [5.74, 6) is 2.83. The maximum atomic E-state index is 12.8. The summed E-state index contributed by atoms with van der Waals surface area (Å²) in [7, 11) is 0. The summed E-state index contributed by atoms with van der Waals surface area (Å²) in [6.45, 7) is -0.186. The van der Waals surface area contributed by atoms with Crippen molar-refractivity contribution in [3.05, 3.63) is 47.5 Å². The molecule has 0 amide bonds. The monoisotopic (exact) mass is 452 g/mol. The number of allylic oxidation sites excluding steroid dienone is 2. The maximum absolute atomic E-state index is 12.8. The van der Waals surface area contributed by atoms with Crippen molar-refractivity contribution >= 4 is 0 Å². The average Bonchev–Trinajstić information content (AvgIpc) is 2.81.